The van der Waals surface area contributed by atoms with E-state index < -0.39 is 5.91 Å². The van der Waals surface area contributed by atoms with Crippen LogP contribution in [0.25, 0.3) is 77.5 Å². The zero-order valence-electron chi connectivity index (χ0n) is 34.9. The van der Waals surface area contributed by atoms with Gasteiger partial charge in [0.15, 0.2) is 0 Å². The molecule has 0 bridgehead atoms. The summed E-state index contributed by atoms with van der Waals surface area (Å²) in [6.07, 6.45) is 11.0. The maximum absolute atomic E-state index is 11.5. The van der Waals surface area contributed by atoms with Gasteiger partial charge in [-0.1, -0.05) is 54.6 Å². The predicted molar refractivity (Wildman–Crippen MR) is 252 cm³/mol. The molecule has 0 aliphatic carbocycles. The molecule has 11 aromatic rings. The van der Waals surface area contributed by atoms with Crippen LogP contribution in [0.2, 0.25) is 0 Å². The Morgan fingerprint density at radius 1 is 0.594 bits per heavy atom. The molecule has 5 N–H and O–H groups in total. The number of rotatable bonds is 10. The summed E-state index contributed by atoms with van der Waals surface area (Å²) in [6, 6.07) is 40.8. The number of hydrogen-bond acceptors (Lipinski definition) is 10. The van der Waals surface area contributed by atoms with Crippen molar-refractivity contribution in [2.24, 2.45) is 19.8 Å². The Bertz CT molecular complexity index is 3480. The van der Waals surface area contributed by atoms with Crippen LogP contribution in [0.5, 0.6) is 0 Å². The van der Waals surface area contributed by atoms with Gasteiger partial charge in [-0.2, -0.15) is 5.21 Å². The molecule has 5 aromatic heterocycles. The van der Waals surface area contributed by atoms with Crippen molar-refractivity contribution in [1.29, 1.82) is 0 Å². The Morgan fingerprint density at radius 3 is 1.69 bits per heavy atom. The molecular weight excluding hydrogens is 799 g/mol. The minimum Gasteiger partial charge on any atom is -0.381 e. The lowest BCUT2D eigenvalue weighted by molar-refractivity contribution is 0.1000. The largest absolute Gasteiger partial charge is 0.381 e. The summed E-state index contributed by atoms with van der Waals surface area (Å²) in [4.78, 5) is 29.8. The Morgan fingerprint density at radius 2 is 1.14 bits per heavy atom. The highest BCUT2D eigenvalue weighted by molar-refractivity contribution is 5.98. The lowest BCUT2D eigenvalue weighted by Gasteiger charge is -2.12. The number of anilines is 2. The number of hydrogen-bond donors (Lipinski definition) is 4. The van der Waals surface area contributed by atoms with E-state index in [0.29, 0.717) is 24.5 Å². The second-order valence-electron chi connectivity index (χ2n) is 15.5. The van der Waals surface area contributed by atoms with Crippen LogP contribution >= 0.6 is 0 Å². The normalized spacial score (nSPS) is 11.2. The van der Waals surface area contributed by atoms with Gasteiger partial charge in [-0.05, 0) is 105 Å². The summed E-state index contributed by atoms with van der Waals surface area (Å²) in [5.41, 5.74) is 20.8. The number of tetrazole rings is 1. The first-order valence-corrected chi connectivity index (χ1v) is 20.6. The highest BCUT2D eigenvalue weighted by atomic mass is 16.1. The number of amides is 1. The van der Waals surface area contributed by atoms with E-state index in [1.165, 1.54) is 16.3 Å². The number of nitrogens with two attached hydrogens (primary N) is 1. The van der Waals surface area contributed by atoms with Crippen LogP contribution < -0.4 is 16.4 Å². The third-order valence-corrected chi connectivity index (χ3v) is 11.3. The standard InChI is InChI=1S/C25H20N8.C25H21N5O/c1-33-10-7-17-5-6-18(12-23(17)33)21-13-20(14-22-24(21)27-9-8-26-22)28-15-16-3-2-4-19(11-16)25-29-31-32-30-25;1-30-10-7-17-5-6-18(12-23(17)30)21-13-20(14-22-24(21)28-9-8-27-22)29-15-16-3-2-4-19(11-16)25(26)31/h2-14,28H,15H2,1H3,(H,29,30,31,32);2-14,29H,15H2,1H3,(H2,26,31). The summed E-state index contributed by atoms with van der Waals surface area (Å²) < 4.78 is 4.24. The first-order chi connectivity index (χ1) is 31.3. The van der Waals surface area contributed by atoms with E-state index in [-0.39, 0.29) is 0 Å². The average molecular weight is 840 g/mol. The van der Waals surface area contributed by atoms with Crippen molar-refractivity contribution in [2.45, 2.75) is 13.1 Å². The number of primary amides is 1. The van der Waals surface area contributed by atoms with Crippen LogP contribution in [0.1, 0.15) is 21.5 Å². The number of nitrogens with one attached hydrogen (secondary N) is 3. The van der Waals surface area contributed by atoms with Gasteiger partial charge in [-0.25, -0.2) is 0 Å². The summed E-state index contributed by atoms with van der Waals surface area (Å²) in [5.74, 6) is 0.150. The van der Waals surface area contributed by atoms with Crippen LogP contribution in [-0.4, -0.2) is 55.6 Å². The van der Waals surface area contributed by atoms with E-state index in [2.05, 4.69) is 153 Å². The monoisotopic (exact) mass is 839 g/mol. The molecule has 0 aliphatic heterocycles. The molecule has 0 fully saturated rings. The highest BCUT2D eigenvalue weighted by Gasteiger charge is 2.13. The third kappa shape index (κ3) is 8.06. The predicted octanol–water partition coefficient (Wildman–Crippen LogP) is 9.08. The van der Waals surface area contributed by atoms with Gasteiger partial charge in [0.25, 0.3) is 0 Å². The van der Waals surface area contributed by atoms with Crippen molar-refractivity contribution >= 4 is 61.2 Å². The van der Waals surface area contributed by atoms with Crippen molar-refractivity contribution in [1.82, 2.24) is 49.7 Å². The number of fused-ring (bicyclic) bond motifs is 4. The second kappa shape index (κ2) is 16.9. The first-order valence-electron chi connectivity index (χ1n) is 20.6. The molecule has 312 valence electrons. The van der Waals surface area contributed by atoms with E-state index in [9.17, 15) is 4.79 Å². The molecule has 0 atom stereocenters. The molecule has 0 unspecified atom stereocenters. The summed E-state index contributed by atoms with van der Waals surface area (Å²) in [6.45, 7) is 1.21. The Hall–Kier alpha value is -8.78. The number of benzene rings is 6. The lowest BCUT2D eigenvalue weighted by atomic mass is 10.0. The summed E-state index contributed by atoms with van der Waals surface area (Å²) >= 11 is 0. The van der Waals surface area contributed by atoms with Gasteiger partial charge in [0.2, 0.25) is 11.7 Å². The van der Waals surface area contributed by atoms with Crippen molar-refractivity contribution in [2.75, 3.05) is 10.6 Å². The van der Waals surface area contributed by atoms with Gasteiger partial charge in [-0.3, -0.25) is 24.7 Å². The lowest BCUT2D eigenvalue weighted by Crippen LogP contribution is -2.11. The van der Waals surface area contributed by atoms with E-state index >= 15 is 0 Å². The van der Waals surface area contributed by atoms with Crippen LogP contribution in [-0.2, 0) is 27.2 Å². The number of aromatic amines is 1. The molecule has 64 heavy (non-hydrogen) atoms. The quantitative estimate of drug-likeness (QED) is 0.104. The Balaban J connectivity index is 0.000000152. The van der Waals surface area contributed by atoms with Crippen molar-refractivity contribution in [3.8, 4) is 33.6 Å². The summed E-state index contributed by atoms with van der Waals surface area (Å²) in [5, 5.41) is 23.7. The number of aryl methyl sites for hydroxylation is 2. The molecule has 6 aromatic carbocycles. The number of aromatic nitrogens is 10. The fourth-order valence-corrected chi connectivity index (χ4v) is 8.00. The molecule has 1 amide bonds. The van der Waals surface area contributed by atoms with Gasteiger partial charge < -0.3 is 25.5 Å². The van der Waals surface area contributed by atoms with Gasteiger partial charge >= 0.3 is 0 Å². The van der Waals surface area contributed by atoms with Crippen LogP contribution in [0.4, 0.5) is 11.4 Å². The van der Waals surface area contributed by atoms with Gasteiger partial charge in [0.1, 0.15) is 0 Å². The molecule has 0 saturated heterocycles. The topological polar surface area (TPSA) is 183 Å². The number of carbonyl (C=O) groups is 1. The van der Waals surface area contributed by atoms with E-state index in [1.807, 2.05) is 43.4 Å². The Labute approximate surface area is 366 Å². The minimum atomic E-state index is -0.429. The van der Waals surface area contributed by atoms with E-state index in [0.717, 1.165) is 77.9 Å². The zero-order chi connectivity index (χ0) is 43.6. The number of H-pyrrole nitrogens is 1. The van der Waals surface area contributed by atoms with Gasteiger partial charge in [0, 0.05) is 109 Å². The Kier molecular flexibility index (Phi) is 10.4. The van der Waals surface area contributed by atoms with Crippen LogP contribution in [0.3, 0.4) is 0 Å². The molecule has 0 saturated carbocycles. The molecule has 11 rings (SSSR count). The van der Waals surface area contributed by atoms with Crippen molar-refractivity contribution in [3.05, 3.63) is 175 Å². The number of carbonyl (C=O) groups excluding carboxylic acids is 1. The maximum Gasteiger partial charge on any atom is 0.248 e. The molecule has 0 aliphatic rings. The second-order valence-corrected chi connectivity index (χ2v) is 15.5. The van der Waals surface area contributed by atoms with Crippen LogP contribution in [0, 0.1) is 0 Å². The molecule has 0 spiro atoms. The van der Waals surface area contributed by atoms with Crippen molar-refractivity contribution in [3.63, 3.8) is 0 Å². The fraction of sp³-hybridized carbons (Fsp3) is 0.0800. The van der Waals surface area contributed by atoms with Crippen LogP contribution in [0.15, 0.2) is 159 Å². The molecule has 0 radical (unpaired) electrons. The third-order valence-electron chi connectivity index (χ3n) is 11.3. The highest BCUT2D eigenvalue weighted by Crippen LogP contribution is 2.34. The van der Waals surface area contributed by atoms with E-state index in [1.54, 1.807) is 36.9 Å². The SMILES string of the molecule is Cn1ccc2ccc(-c3cc(NCc4cccc(-c5nn[nH]n5)c4)cc4nccnc34)cc21.Cn1ccc2ccc(-c3cc(NCc4cccc(C(N)=O)c4)cc4nccnc34)cc21. The molecular formula is C50H41N13O. The first kappa shape index (κ1) is 39.4. The van der Waals surface area contributed by atoms with Crippen molar-refractivity contribution < 1.29 is 4.79 Å². The summed E-state index contributed by atoms with van der Waals surface area (Å²) in [7, 11) is 4.10. The minimum absolute atomic E-state index is 0.429. The molecule has 5 heterocycles. The molecule has 14 heteroatoms. The molecule has 14 nitrogen and oxygen atoms in total. The van der Waals surface area contributed by atoms with E-state index in [4.69, 9.17) is 5.73 Å². The fourth-order valence-electron chi connectivity index (χ4n) is 8.00. The average Bonchev–Trinajstić information content (AvgIpc) is 4.11. The smallest absolute Gasteiger partial charge is 0.248 e. The van der Waals surface area contributed by atoms with Gasteiger partial charge in [0.05, 0.1) is 22.1 Å². The van der Waals surface area contributed by atoms with Gasteiger partial charge in [-0.15, -0.1) is 10.2 Å². The zero-order valence-corrected chi connectivity index (χ0v) is 34.9. The number of nitrogens with zero attached hydrogens (tertiary/aromatic N) is 9. The maximum atomic E-state index is 11.5.